The molecule has 0 aliphatic heterocycles. The van der Waals surface area contributed by atoms with Crippen LogP contribution in [-0.2, 0) is 32.7 Å². The number of hydrogen-bond acceptors (Lipinski definition) is 0. The van der Waals surface area contributed by atoms with E-state index in [4.69, 9.17) is 0 Å². The molecule has 0 aromatic rings. The Morgan fingerprint density at radius 3 is 1.80 bits per heavy atom. The van der Waals surface area contributed by atoms with E-state index in [-0.39, 0.29) is 32.7 Å². The predicted molar refractivity (Wildman–Crippen MR) is 43.2 cm³/mol. The molecule has 1 atom stereocenters. The summed E-state index contributed by atoms with van der Waals surface area (Å²) >= 11 is 0. The Kier molecular flexibility index (Phi) is 7.82. The maximum atomic E-state index is 3.87. The van der Waals surface area contributed by atoms with E-state index in [9.17, 15) is 0 Å². The quantitative estimate of drug-likeness (QED) is 0.621. The second-order valence-electron chi connectivity index (χ2n) is 4.16. The average molecular weight is 216 g/mol. The fraction of sp³-hybridized carbons (Fsp3) is 0.889. The Bertz CT molecular complexity index is 71.3. The standard InChI is InChI=1S/C9H19.Y/c1-6-8(2)7-9(3,4)5;/h8H,1,6-7H2,2-5H3;/q-1;/t8-;/m1./s1. The van der Waals surface area contributed by atoms with Gasteiger partial charge >= 0.3 is 0 Å². The van der Waals surface area contributed by atoms with E-state index in [1.807, 2.05) is 0 Å². The van der Waals surface area contributed by atoms with Crippen LogP contribution in [0.4, 0.5) is 0 Å². The van der Waals surface area contributed by atoms with Gasteiger partial charge in [0.1, 0.15) is 0 Å². The topological polar surface area (TPSA) is 0 Å². The molecule has 0 saturated carbocycles. The average Bonchev–Trinajstić information content (AvgIpc) is 1.62. The smallest absolute Gasteiger partial charge is 0 e. The van der Waals surface area contributed by atoms with Crippen LogP contribution in [0.5, 0.6) is 0 Å². The Morgan fingerprint density at radius 2 is 1.70 bits per heavy atom. The molecule has 0 aliphatic rings. The van der Waals surface area contributed by atoms with Crippen molar-refractivity contribution in [2.24, 2.45) is 11.3 Å². The third-order valence-corrected chi connectivity index (χ3v) is 1.45. The van der Waals surface area contributed by atoms with Gasteiger partial charge in [0.25, 0.3) is 0 Å². The van der Waals surface area contributed by atoms with Crippen molar-refractivity contribution in [3.63, 3.8) is 0 Å². The molecule has 10 heavy (non-hydrogen) atoms. The van der Waals surface area contributed by atoms with Crippen molar-refractivity contribution in [1.29, 1.82) is 0 Å². The molecule has 1 heteroatoms. The summed E-state index contributed by atoms with van der Waals surface area (Å²) in [5, 5.41) is 0. The largest absolute Gasteiger partial charge is 0.343 e. The van der Waals surface area contributed by atoms with Gasteiger partial charge in [-0.3, -0.25) is 0 Å². The van der Waals surface area contributed by atoms with Crippen LogP contribution in [0.1, 0.15) is 40.5 Å². The Labute approximate surface area is 91.0 Å². The van der Waals surface area contributed by atoms with Crippen LogP contribution >= 0.6 is 0 Å². The van der Waals surface area contributed by atoms with Gasteiger partial charge in [0.15, 0.2) is 0 Å². The van der Waals surface area contributed by atoms with Crippen molar-refractivity contribution in [1.82, 2.24) is 0 Å². The van der Waals surface area contributed by atoms with E-state index in [1.165, 1.54) is 6.42 Å². The van der Waals surface area contributed by atoms with E-state index in [0.717, 1.165) is 12.3 Å². The number of rotatable bonds is 2. The molecular formula is C9H19Y-. The molecule has 0 fully saturated rings. The zero-order valence-electron chi connectivity index (χ0n) is 7.78. The van der Waals surface area contributed by atoms with Crippen LogP contribution in [0, 0.1) is 18.3 Å². The zero-order chi connectivity index (χ0) is 7.49. The first-order valence-corrected chi connectivity index (χ1v) is 3.75. The molecule has 0 heterocycles. The minimum absolute atomic E-state index is 0. The van der Waals surface area contributed by atoms with Crippen LogP contribution in [0.3, 0.4) is 0 Å². The maximum absolute atomic E-state index is 3.87. The molecule has 1 radical (unpaired) electrons. The summed E-state index contributed by atoms with van der Waals surface area (Å²) in [6.07, 6.45) is 2.35. The van der Waals surface area contributed by atoms with E-state index < -0.39 is 0 Å². The summed E-state index contributed by atoms with van der Waals surface area (Å²) in [5.41, 5.74) is 0.483. The summed E-state index contributed by atoms with van der Waals surface area (Å²) in [6.45, 7) is 13.0. The molecular weight excluding hydrogens is 197 g/mol. The predicted octanol–water partition coefficient (Wildman–Crippen LogP) is 3.28. The van der Waals surface area contributed by atoms with Gasteiger partial charge in [-0.15, -0.1) is 0 Å². The molecule has 0 bridgehead atoms. The first-order valence-electron chi connectivity index (χ1n) is 3.75. The summed E-state index contributed by atoms with van der Waals surface area (Å²) in [5.74, 6) is 0.782. The summed E-state index contributed by atoms with van der Waals surface area (Å²) in [6, 6.07) is 0. The Morgan fingerprint density at radius 1 is 1.30 bits per heavy atom. The molecule has 0 saturated heterocycles. The molecule has 59 valence electrons. The van der Waals surface area contributed by atoms with E-state index in [1.54, 1.807) is 0 Å². The van der Waals surface area contributed by atoms with Crippen molar-refractivity contribution in [2.45, 2.75) is 40.5 Å². The Balaban J connectivity index is 0. The van der Waals surface area contributed by atoms with Crippen LogP contribution in [0.25, 0.3) is 0 Å². The van der Waals surface area contributed by atoms with Crippen molar-refractivity contribution in [2.75, 3.05) is 0 Å². The van der Waals surface area contributed by atoms with Crippen molar-refractivity contribution in [3.8, 4) is 0 Å². The number of hydrogen-bond donors (Lipinski definition) is 0. The normalized spacial score (nSPS) is 14.1. The zero-order valence-corrected chi connectivity index (χ0v) is 10.6. The van der Waals surface area contributed by atoms with Gasteiger partial charge in [0.05, 0.1) is 0 Å². The van der Waals surface area contributed by atoms with Crippen molar-refractivity contribution in [3.05, 3.63) is 6.92 Å². The third kappa shape index (κ3) is 9.10. The first-order chi connectivity index (χ1) is 3.95. The summed E-state index contributed by atoms with van der Waals surface area (Å²) in [4.78, 5) is 0. The monoisotopic (exact) mass is 216 g/mol. The SMILES string of the molecule is [CH2-]C[C@@H](C)CC(C)(C)C.[Y]. The fourth-order valence-electron chi connectivity index (χ4n) is 1.15. The van der Waals surface area contributed by atoms with Gasteiger partial charge in [0, 0.05) is 32.7 Å². The van der Waals surface area contributed by atoms with Crippen molar-refractivity contribution < 1.29 is 32.7 Å². The van der Waals surface area contributed by atoms with E-state index in [0.29, 0.717) is 5.41 Å². The molecule has 0 nitrogen and oxygen atoms in total. The van der Waals surface area contributed by atoms with Gasteiger partial charge in [-0.2, -0.15) is 6.42 Å². The second-order valence-corrected chi connectivity index (χ2v) is 4.16. The van der Waals surface area contributed by atoms with Crippen LogP contribution in [0.2, 0.25) is 0 Å². The van der Waals surface area contributed by atoms with Gasteiger partial charge in [-0.25, -0.2) is 0 Å². The van der Waals surface area contributed by atoms with E-state index in [2.05, 4.69) is 34.6 Å². The minimum Gasteiger partial charge on any atom is -0.343 e. The fourth-order valence-corrected chi connectivity index (χ4v) is 1.15. The maximum Gasteiger partial charge on any atom is 0 e. The van der Waals surface area contributed by atoms with Crippen LogP contribution < -0.4 is 0 Å². The summed E-state index contributed by atoms with van der Waals surface area (Å²) < 4.78 is 0. The molecule has 0 spiro atoms. The van der Waals surface area contributed by atoms with Gasteiger partial charge in [-0.05, 0) is 11.8 Å². The van der Waals surface area contributed by atoms with Crippen LogP contribution in [-0.4, -0.2) is 0 Å². The van der Waals surface area contributed by atoms with Crippen LogP contribution in [0.15, 0.2) is 0 Å². The third-order valence-electron chi connectivity index (χ3n) is 1.45. The van der Waals surface area contributed by atoms with Gasteiger partial charge < -0.3 is 6.92 Å². The molecule has 0 N–H and O–H groups in total. The van der Waals surface area contributed by atoms with Gasteiger partial charge in [-0.1, -0.05) is 33.6 Å². The molecule has 0 aromatic carbocycles. The molecule has 0 aromatic heterocycles. The van der Waals surface area contributed by atoms with E-state index >= 15 is 0 Å². The van der Waals surface area contributed by atoms with Gasteiger partial charge in [0.2, 0.25) is 0 Å². The second kappa shape index (κ2) is 5.72. The Hall–Kier alpha value is 1.10. The molecule has 0 rings (SSSR count). The molecule has 0 unspecified atom stereocenters. The first kappa shape index (κ1) is 13.7. The minimum atomic E-state index is 0. The summed E-state index contributed by atoms with van der Waals surface area (Å²) in [7, 11) is 0. The molecule has 0 aliphatic carbocycles. The van der Waals surface area contributed by atoms with Crippen molar-refractivity contribution >= 4 is 0 Å². The molecule has 0 amide bonds.